The Morgan fingerprint density at radius 2 is 2.00 bits per heavy atom. The molecule has 1 aliphatic heterocycles. The van der Waals surface area contributed by atoms with Crippen LogP contribution in [0.5, 0.6) is 0 Å². The second-order valence-electron chi connectivity index (χ2n) is 8.29. The van der Waals surface area contributed by atoms with Crippen molar-refractivity contribution in [2.75, 3.05) is 6.61 Å². The molecule has 0 aliphatic carbocycles. The number of ether oxygens (including phenoxy) is 3. The zero-order valence-corrected chi connectivity index (χ0v) is 19.5. The number of esters is 1. The van der Waals surface area contributed by atoms with Gasteiger partial charge in [-0.2, -0.15) is 4.39 Å². The number of nitrogens with zero attached hydrogens (tertiary/aromatic N) is 2. The van der Waals surface area contributed by atoms with E-state index in [-0.39, 0.29) is 18.9 Å². The first-order valence-electron chi connectivity index (χ1n) is 10.7. The van der Waals surface area contributed by atoms with E-state index >= 15 is 0 Å². The van der Waals surface area contributed by atoms with E-state index in [9.17, 15) is 23.9 Å². The minimum absolute atomic E-state index is 0.106. The maximum absolute atomic E-state index is 14.4. The maximum atomic E-state index is 14.4. The Morgan fingerprint density at radius 3 is 2.62 bits per heavy atom. The van der Waals surface area contributed by atoms with Crippen LogP contribution >= 0.6 is 11.6 Å². The van der Waals surface area contributed by atoms with Crippen molar-refractivity contribution in [1.82, 2.24) is 9.13 Å². The third-order valence-electron chi connectivity index (χ3n) is 5.53. The molecular formula is C22H27ClFN3O7. The van der Waals surface area contributed by atoms with Crippen molar-refractivity contribution in [2.45, 2.75) is 58.1 Å². The first kappa shape index (κ1) is 26.0. The van der Waals surface area contributed by atoms with Gasteiger partial charge in [0.2, 0.25) is 5.82 Å². The Balaban J connectivity index is 1.76. The molecule has 4 atom stereocenters. The second kappa shape index (κ2) is 11.2. The summed E-state index contributed by atoms with van der Waals surface area (Å²) in [6.45, 7) is 2.40. The molecule has 2 aromatic rings. The Hall–Kier alpha value is -2.57. The molecule has 0 spiro atoms. The van der Waals surface area contributed by atoms with Gasteiger partial charge in [0, 0.05) is 11.4 Å². The van der Waals surface area contributed by atoms with E-state index in [4.69, 9.17) is 31.5 Å². The number of benzene rings is 1. The molecule has 1 aromatic heterocycles. The third-order valence-corrected chi connectivity index (χ3v) is 5.78. The van der Waals surface area contributed by atoms with Crippen LogP contribution in [0.2, 0.25) is 5.02 Å². The second-order valence-corrected chi connectivity index (χ2v) is 8.72. The summed E-state index contributed by atoms with van der Waals surface area (Å²) in [4.78, 5) is 37.1. The fourth-order valence-electron chi connectivity index (χ4n) is 3.40. The fourth-order valence-corrected chi connectivity index (χ4v) is 3.52. The van der Waals surface area contributed by atoms with Gasteiger partial charge in [-0.05, 0) is 23.6 Å². The van der Waals surface area contributed by atoms with Crippen LogP contribution in [0.15, 0.2) is 40.1 Å². The highest BCUT2D eigenvalue weighted by atomic mass is 35.5. The van der Waals surface area contributed by atoms with E-state index in [1.807, 2.05) is 0 Å². The van der Waals surface area contributed by atoms with Crippen molar-refractivity contribution in [3.63, 3.8) is 0 Å². The minimum Gasteiger partial charge on any atom is -0.442 e. The fraction of sp³-hybridized carbons (Fsp3) is 0.500. The smallest absolute Gasteiger partial charge is 0.336 e. The van der Waals surface area contributed by atoms with Crippen LogP contribution in [-0.2, 0) is 32.3 Å². The zero-order valence-electron chi connectivity index (χ0n) is 18.7. The van der Waals surface area contributed by atoms with Crippen molar-refractivity contribution < 1.29 is 28.5 Å². The quantitative estimate of drug-likeness (QED) is 0.490. The SMILES string of the molecule is CC(C)[C@@H](N)C(=O)OCn1c(=O)c(F)cn([C@H]2C[C@H](OCc3ccc(Cl)cc3)[C@@H](CO)O2)c1=O. The summed E-state index contributed by atoms with van der Waals surface area (Å²) in [6, 6.07) is 6.03. The van der Waals surface area contributed by atoms with Crippen molar-refractivity contribution in [1.29, 1.82) is 0 Å². The van der Waals surface area contributed by atoms with Crippen molar-refractivity contribution >= 4 is 17.6 Å². The monoisotopic (exact) mass is 499 g/mol. The molecule has 0 bridgehead atoms. The van der Waals surface area contributed by atoms with Crippen LogP contribution < -0.4 is 17.0 Å². The molecule has 1 fully saturated rings. The summed E-state index contributed by atoms with van der Waals surface area (Å²) in [6.07, 6.45) is -1.58. The number of carbonyl (C=O) groups is 1. The number of aliphatic hydroxyl groups excluding tert-OH is 1. The Morgan fingerprint density at radius 1 is 1.32 bits per heavy atom. The van der Waals surface area contributed by atoms with Gasteiger partial charge in [0.1, 0.15) is 18.4 Å². The van der Waals surface area contributed by atoms with Gasteiger partial charge < -0.3 is 25.1 Å². The molecule has 12 heteroatoms. The predicted octanol–water partition coefficient (Wildman–Crippen LogP) is 1.15. The molecule has 34 heavy (non-hydrogen) atoms. The summed E-state index contributed by atoms with van der Waals surface area (Å²) >= 11 is 5.88. The normalized spacial score (nSPS) is 21.1. The lowest BCUT2D eigenvalue weighted by molar-refractivity contribution is -0.150. The van der Waals surface area contributed by atoms with Crippen LogP contribution in [0.25, 0.3) is 0 Å². The van der Waals surface area contributed by atoms with Crippen molar-refractivity contribution in [3.8, 4) is 0 Å². The predicted molar refractivity (Wildman–Crippen MR) is 119 cm³/mol. The minimum atomic E-state index is -1.25. The molecule has 1 saturated heterocycles. The molecule has 0 radical (unpaired) electrons. The molecule has 2 heterocycles. The number of hydrogen-bond acceptors (Lipinski definition) is 8. The summed E-state index contributed by atoms with van der Waals surface area (Å²) in [7, 11) is 0. The number of carbonyl (C=O) groups excluding carboxylic acids is 1. The van der Waals surface area contributed by atoms with E-state index in [2.05, 4.69) is 0 Å². The lowest BCUT2D eigenvalue weighted by atomic mass is 10.1. The number of rotatable bonds is 9. The number of nitrogens with two attached hydrogens (primary N) is 1. The number of hydrogen-bond donors (Lipinski definition) is 2. The van der Waals surface area contributed by atoms with E-state index in [0.29, 0.717) is 9.59 Å². The first-order valence-corrected chi connectivity index (χ1v) is 11.1. The van der Waals surface area contributed by atoms with Gasteiger partial charge in [0.15, 0.2) is 6.73 Å². The van der Waals surface area contributed by atoms with Crippen molar-refractivity contribution in [2.24, 2.45) is 11.7 Å². The van der Waals surface area contributed by atoms with Gasteiger partial charge in [-0.1, -0.05) is 37.6 Å². The van der Waals surface area contributed by atoms with Gasteiger partial charge >= 0.3 is 11.7 Å². The van der Waals surface area contributed by atoms with Gasteiger partial charge in [-0.25, -0.2) is 9.36 Å². The third kappa shape index (κ3) is 5.91. The molecule has 10 nitrogen and oxygen atoms in total. The zero-order chi connectivity index (χ0) is 25.0. The Kier molecular flexibility index (Phi) is 8.61. The molecule has 186 valence electrons. The summed E-state index contributed by atoms with van der Waals surface area (Å²) in [5, 5.41) is 10.3. The van der Waals surface area contributed by atoms with E-state index in [1.54, 1.807) is 38.1 Å². The molecule has 0 unspecified atom stereocenters. The molecule has 1 aliphatic rings. The van der Waals surface area contributed by atoms with Gasteiger partial charge in [-0.15, -0.1) is 0 Å². The van der Waals surface area contributed by atoms with E-state index in [1.165, 1.54) is 0 Å². The molecule has 0 saturated carbocycles. The van der Waals surface area contributed by atoms with Gasteiger partial charge in [0.25, 0.3) is 5.56 Å². The Labute approximate surface area is 199 Å². The number of halogens is 2. The number of aliphatic hydroxyl groups is 1. The lowest BCUT2D eigenvalue weighted by Gasteiger charge is -2.18. The molecular weight excluding hydrogens is 473 g/mol. The summed E-state index contributed by atoms with van der Waals surface area (Å²) in [5.74, 6) is -2.30. The van der Waals surface area contributed by atoms with Crippen LogP contribution in [-0.4, -0.2) is 45.1 Å². The largest absolute Gasteiger partial charge is 0.442 e. The van der Waals surface area contributed by atoms with Gasteiger partial charge in [-0.3, -0.25) is 14.2 Å². The topological polar surface area (TPSA) is 135 Å². The van der Waals surface area contributed by atoms with E-state index < -0.39 is 60.9 Å². The molecule has 3 N–H and O–H groups in total. The molecule has 3 rings (SSSR count). The van der Waals surface area contributed by atoms with Crippen molar-refractivity contribution in [3.05, 3.63) is 67.7 Å². The standard InChI is InChI=1S/C22H27ClFN3O7/c1-12(2)19(25)21(30)33-11-27-20(29)15(24)8-26(22(27)31)18-7-16(17(9-28)34-18)32-10-13-3-5-14(23)6-4-13/h3-6,8,12,16-19,28H,7,9-11,25H2,1-2H3/t16-,17+,18+,19+/m0/s1. The van der Waals surface area contributed by atoms with Crippen LogP contribution in [0.3, 0.4) is 0 Å². The van der Waals surface area contributed by atoms with Crippen LogP contribution in [0.1, 0.15) is 32.1 Å². The van der Waals surface area contributed by atoms with Crippen LogP contribution in [0, 0.1) is 11.7 Å². The molecule has 0 amide bonds. The average molecular weight is 500 g/mol. The lowest BCUT2D eigenvalue weighted by Crippen LogP contribution is -2.44. The average Bonchev–Trinajstić information content (AvgIpc) is 3.23. The Bertz CT molecular complexity index is 1120. The summed E-state index contributed by atoms with van der Waals surface area (Å²) in [5.41, 5.74) is 4.34. The summed E-state index contributed by atoms with van der Waals surface area (Å²) < 4.78 is 32.2. The maximum Gasteiger partial charge on any atom is 0.336 e. The highest BCUT2D eigenvalue weighted by molar-refractivity contribution is 6.30. The highest BCUT2D eigenvalue weighted by Gasteiger charge is 2.37. The molecule has 1 aromatic carbocycles. The van der Waals surface area contributed by atoms with Gasteiger partial charge in [0.05, 0.1) is 25.5 Å². The van der Waals surface area contributed by atoms with Crippen LogP contribution in [0.4, 0.5) is 4.39 Å². The number of aromatic nitrogens is 2. The van der Waals surface area contributed by atoms with E-state index in [0.717, 1.165) is 16.3 Å². The first-order chi connectivity index (χ1) is 16.1. The highest BCUT2D eigenvalue weighted by Crippen LogP contribution is 2.30.